The van der Waals surface area contributed by atoms with Crippen molar-refractivity contribution in [1.82, 2.24) is 14.9 Å². The van der Waals surface area contributed by atoms with E-state index in [0.29, 0.717) is 24.2 Å². The van der Waals surface area contributed by atoms with Crippen LogP contribution < -0.4 is 10.0 Å². The van der Waals surface area contributed by atoms with Crippen LogP contribution in [0.3, 0.4) is 0 Å². The molecule has 2 rings (SSSR count). The van der Waals surface area contributed by atoms with Crippen LogP contribution in [0.15, 0.2) is 17.0 Å². The molecule has 1 fully saturated rings. The molecule has 118 valence electrons. The standard InChI is InChI=1S/C14H22FN3O2S/c1-11-9-13(15)10-12(2)14(11)21(19,20)17-5-8-18-6-3-16-4-7-18/h9-10,16-17H,3-8H2,1-2H3. The number of halogens is 1. The van der Waals surface area contributed by atoms with Crippen LogP contribution in [0.1, 0.15) is 11.1 Å². The van der Waals surface area contributed by atoms with Crippen molar-refractivity contribution in [2.45, 2.75) is 18.7 Å². The summed E-state index contributed by atoms with van der Waals surface area (Å²) in [5.74, 6) is -0.412. The maximum absolute atomic E-state index is 13.3. The van der Waals surface area contributed by atoms with E-state index in [4.69, 9.17) is 0 Å². The highest BCUT2D eigenvalue weighted by Gasteiger charge is 2.20. The van der Waals surface area contributed by atoms with Gasteiger partial charge in [0.05, 0.1) is 4.90 Å². The van der Waals surface area contributed by atoms with E-state index < -0.39 is 15.8 Å². The van der Waals surface area contributed by atoms with Crippen molar-refractivity contribution >= 4 is 10.0 Å². The average Bonchev–Trinajstić information content (AvgIpc) is 2.38. The highest BCUT2D eigenvalue weighted by molar-refractivity contribution is 7.89. The molecule has 0 atom stereocenters. The van der Waals surface area contributed by atoms with Crippen LogP contribution in [0.5, 0.6) is 0 Å². The molecule has 0 radical (unpaired) electrons. The minimum absolute atomic E-state index is 0.184. The largest absolute Gasteiger partial charge is 0.314 e. The summed E-state index contributed by atoms with van der Waals surface area (Å²) in [7, 11) is -3.60. The van der Waals surface area contributed by atoms with Gasteiger partial charge in [-0.25, -0.2) is 17.5 Å². The van der Waals surface area contributed by atoms with Gasteiger partial charge in [0, 0.05) is 39.3 Å². The third kappa shape index (κ3) is 4.23. The molecule has 2 N–H and O–H groups in total. The van der Waals surface area contributed by atoms with Gasteiger partial charge in [0.15, 0.2) is 0 Å². The second-order valence-corrected chi connectivity index (χ2v) is 7.06. The number of benzene rings is 1. The first-order valence-electron chi connectivity index (χ1n) is 7.09. The molecule has 5 nitrogen and oxygen atoms in total. The number of nitrogens with one attached hydrogen (secondary N) is 2. The number of piperazine rings is 1. The topological polar surface area (TPSA) is 61.4 Å². The summed E-state index contributed by atoms with van der Waals surface area (Å²) < 4.78 is 40.6. The fourth-order valence-corrected chi connectivity index (χ4v) is 4.14. The molecule has 1 aromatic carbocycles. The number of aryl methyl sites for hydroxylation is 2. The minimum atomic E-state index is -3.60. The number of hydrogen-bond donors (Lipinski definition) is 2. The Morgan fingerprint density at radius 2 is 1.81 bits per heavy atom. The van der Waals surface area contributed by atoms with E-state index >= 15 is 0 Å². The zero-order valence-electron chi connectivity index (χ0n) is 12.4. The van der Waals surface area contributed by atoms with Gasteiger partial charge in [0.2, 0.25) is 10.0 Å². The molecule has 0 spiro atoms. The lowest BCUT2D eigenvalue weighted by atomic mass is 10.1. The van der Waals surface area contributed by atoms with Gasteiger partial charge in [0.25, 0.3) is 0 Å². The molecule has 1 heterocycles. The van der Waals surface area contributed by atoms with Crippen molar-refractivity contribution in [2.24, 2.45) is 0 Å². The van der Waals surface area contributed by atoms with Crippen molar-refractivity contribution in [3.63, 3.8) is 0 Å². The molecule has 0 unspecified atom stereocenters. The van der Waals surface area contributed by atoms with E-state index in [9.17, 15) is 12.8 Å². The summed E-state index contributed by atoms with van der Waals surface area (Å²) in [6, 6.07) is 2.50. The lowest BCUT2D eigenvalue weighted by Crippen LogP contribution is -2.46. The molecular formula is C14H22FN3O2S. The Kier molecular flexibility index (Phi) is 5.32. The van der Waals surface area contributed by atoms with Crippen molar-refractivity contribution in [1.29, 1.82) is 0 Å². The molecule has 0 saturated carbocycles. The van der Waals surface area contributed by atoms with E-state index in [-0.39, 0.29) is 4.90 Å². The van der Waals surface area contributed by atoms with E-state index in [1.54, 1.807) is 13.8 Å². The summed E-state index contributed by atoms with van der Waals surface area (Å²) in [5, 5.41) is 3.25. The van der Waals surface area contributed by atoms with Gasteiger partial charge < -0.3 is 5.32 Å². The van der Waals surface area contributed by atoms with Crippen molar-refractivity contribution < 1.29 is 12.8 Å². The quantitative estimate of drug-likeness (QED) is 0.836. The molecule has 7 heteroatoms. The first-order valence-corrected chi connectivity index (χ1v) is 8.58. The highest BCUT2D eigenvalue weighted by atomic mass is 32.2. The molecular weight excluding hydrogens is 293 g/mol. The summed E-state index contributed by atoms with van der Waals surface area (Å²) in [5.41, 5.74) is 0.865. The summed E-state index contributed by atoms with van der Waals surface area (Å²) in [4.78, 5) is 2.40. The maximum atomic E-state index is 13.3. The van der Waals surface area contributed by atoms with Crippen LogP contribution >= 0.6 is 0 Å². The van der Waals surface area contributed by atoms with Gasteiger partial charge in [-0.05, 0) is 37.1 Å². The van der Waals surface area contributed by atoms with Crippen LogP contribution in [-0.2, 0) is 10.0 Å². The average molecular weight is 315 g/mol. The first kappa shape index (κ1) is 16.4. The van der Waals surface area contributed by atoms with Crippen LogP contribution in [0.4, 0.5) is 4.39 Å². The van der Waals surface area contributed by atoms with Gasteiger partial charge in [-0.3, -0.25) is 4.90 Å². The van der Waals surface area contributed by atoms with Gasteiger partial charge in [0.1, 0.15) is 5.82 Å². The van der Waals surface area contributed by atoms with Crippen molar-refractivity contribution in [3.8, 4) is 0 Å². The Bertz CT molecular complexity index is 575. The second kappa shape index (κ2) is 6.83. The summed E-state index contributed by atoms with van der Waals surface area (Å²) in [6.07, 6.45) is 0. The number of nitrogens with zero attached hydrogens (tertiary/aromatic N) is 1. The normalized spacial score (nSPS) is 17.1. The van der Waals surface area contributed by atoms with Gasteiger partial charge in [-0.1, -0.05) is 0 Å². The summed E-state index contributed by atoms with van der Waals surface area (Å²) >= 11 is 0. The first-order chi connectivity index (χ1) is 9.90. The third-order valence-electron chi connectivity index (χ3n) is 3.62. The van der Waals surface area contributed by atoms with Gasteiger partial charge in [-0.15, -0.1) is 0 Å². The zero-order valence-corrected chi connectivity index (χ0v) is 13.3. The molecule has 1 aliphatic heterocycles. The Morgan fingerprint density at radius 3 is 2.38 bits per heavy atom. The van der Waals surface area contributed by atoms with Gasteiger partial charge >= 0.3 is 0 Å². The van der Waals surface area contributed by atoms with Crippen molar-refractivity contribution in [3.05, 3.63) is 29.1 Å². The Labute approximate surface area is 125 Å². The fraction of sp³-hybridized carbons (Fsp3) is 0.571. The van der Waals surface area contributed by atoms with Crippen LogP contribution in [0, 0.1) is 19.7 Å². The van der Waals surface area contributed by atoms with Crippen molar-refractivity contribution in [2.75, 3.05) is 39.3 Å². The van der Waals surface area contributed by atoms with E-state index in [1.807, 2.05) is 0 Å². The molecule has 0 bridgehead atoms. The maximum Gasteiger partial charge on any atom is 0.241 e. The van der Waals surface area contributed by atoms with Crippen LogP contribution in [0.25, 0.3) is 0 Å². The van der Waals surface area contributed by atoms with Crippen LogP contribution in [0.2, 0.25) is 0 Å². The monoisotopic (exact) mass is 315 g/mol. The van der Waals surface area contributed by atoms with E-state index in [2.05, 4.69) is 14.9 Å². The molecule has 21 heavy (non-hydrogen) atoms. The van der Waals surface area contributed by atoms with Gasteiger partial charge in [-0.2, -0.15) is 0 Å². The van der Waals surface area contributed by atoms with E-state index in [0.717, 1.165) is 26.2 Å². The number of sulfonamides is 1. The Balaban J connectivity index is 2.01. The predicted octanol–water partition coefficient (Wildman–Crippen LogP) is 0.626. The minimum Gasteiger partial charge on any atom is -0.314 e. The Hall–Kier alpha value is -1.02. The lowest BCUT2D eigenvalue weighted by molar-refractivity contribution is 0.245. The molecule has 1 aliphatic rings. The highest BCUT2D eigenvalue weighted by Crippen LogP contribution is 2.21. The SMILES string of the molecule is Cc1cc(F)cc(C)c1S(=O)(=O)NCCN1CCNCC1. The van der Waals surface area contributed by atoms with Crippen LogP contribution in [-0.4, -0.2) is 52.6 Å². The molecule has 0 aliphatic carbocycles. The molecule has 0 aromatic heterocycles. The Morgan fingerprint density at radius 1 is 1.24 bits per heavy atom. The second-order valence-electron chi connectivity index (χ2n) is 5.36. The molecule has 1 saturated heterocycles. The molecule has 1 aromatic rings. The zero-order chi connectivity index (χ0) is 15.5. The summed E-state index contributed by atoms with van der Waals surface area (Å²) in [6.45, 7) is 7.99. The lowest BCUT2D eigenvalue weighted by Gasteiger charge is -2.27. The van der Waals surface area contributed by atoms with E-state index in [1.165, 1.54) is 12.1 Å². The smallest absolute Gasteiger partial charge is 0.241 e. The number of rotatable bonds is 5. The predicted molar refractivity (Wildman–Crippen MR) is 80.4 cm³/mol. The molecule has 0 amide bonds. The number of hydrogen-bond acceptors (Lipinski definition) is 4. The fourth-order valence-electron chi connectivity index (χ4n) is 2.67. The third-order valence-corrected chi connectivity index (χ3v) is 5.39.